The summed E-state index contributed by atoms with van der Waals surface area (Å²) in [6, 6.07) is 27.8. The van der Waals surface area contributed by atoms with Crippen LogP contribution in [0.25, 0.3) is 54.7 Å². The van der Waals surface area contributed by atoms with E-state index in [9.17, 15) is 20.2 Å². The lowest BCUT2D eigenvalue weighted by molar-refractivity contribution is -0.421. The Balaban J connectivity index is 1.85. The molecule has 0 aliphatic heterocycles. The maximum absolute atomic E-state index is 12.6. The van der Waals surface area contributed by atoms with Crippen molar-refractivity contribution in [2.45, 2.75) is 0 Å². The first kappa shape index (κ1) is 20.6. The van der Waals surface area contributed by atoms with Crippen LogP contribution in [-0.4, -0.2) is 14.8 Å². The number of nitro benzene ring substituents is 2. The van der Waals surface area contributed by atoms with E-state index in [-0.39, 0.29) is 11.1 Å². The number of nitrogens with zero attached hydrogens (tertiary/aromatic N) is 2. The summed E-state index contributed by atoms with van der Waals surface area (Å²) in [4.78, 5) is 27.0. The molecular weight excluding hydrogens is 442 g/mol. The first-order chi connectivity index (χ1) is 17.1. The molecule has 7 heteroatoms. The molecule has 0 saturated heterocycles. The summed E-state index contributed by atoms with van der Waals surface area (Å²) in [5.74, 6) is 0. The van der Waals surface area contributed by atoms with Crippen molar-refractivity contribution in [2.75, 3.05) is 0 Å². The Kier molecular flexibility index (Phi) is 4.57. The number of hydrogen-bond acceptors (Lipinski definition) is 4. The zero-order valence-corrected chi connectivity index (χ0v) is 18.3. The highest BCUT2D eigenvalue weighted by Gasteiger charge is 2.38. The molecule has 0 aliphatic carbocycles. The lowest BCUT2D eigenvalue weighted by atomic mass is 9.88. The third kappa shape index (κ3) is 3.06. The van der Waals surface area contributed by atoms with Gasteiger partial charge in [-0.25, -0.2) is 0 Å². The third-order valence-corrected chi connectivity index (χ3v) is 6.45. The molecule has 168 valence electrons. The lowest BCUT2D eigenvalue weighted by Crippen LogP contribution is -2.03. The first-order valence-corrected chi connectivity index (χ1v) is 11.0. The van der Waals surface area contributed by atoms with Gasteiger partial charge in [-0.3, -0.25) is 20.2 Å². The number of aromatic nitrogens is 1. The van der Waals surface area contributed by atoms with Crippen LogP contribution in [0.1, 0.15) is 0 Å². The van der Waals surface area contributed by atoms with Gasteiger partial charge in [-0.1, -0.05) is 84.9 Å². The standard InChI is InChI=1S/C28H17N3O4/c32-30(33)27-24(21-13-5-9-17-7-1-3-11-19(17)21)23-15-16-29-26(23)25(28(27)31(34)35)22-14-6-10-18-8-2-4-12-20(18)22/h1-16,29H. The maximum atomic E-state index is 12.6. The van der Waals surface area contributed by atoms with E-state index in [4.69, 9.17) is 0 Å². The average Bonchev–Trinajstić information content (AvgIpc) is 3.36. The molecule has 7 nitrogen and oxygen atoms in total. The molecule has 0 amide bonds. The third-order valence-electron chi connectivity index (χ3n) is 6.45. The minimum atomic E-state index is -0.635. The highest BCUT2D eigenvalue weighted by Crippen LogP contribution is 2.51. The molecular formula is C28H17N3O4. The Bertz CT molecular complexity index is 1680. The topological polar surface area (TPSA) is 102 Å². The number of benzene rings is 5. The average molecular weight is 459 g/mol. The fourth-order valence-electron chi connectivity index (χ4n) is 5.04. The van der Waals surface area contributed by atoms with E-state index in [1.54, 1.807) is 30.5 Å². The Morgan fingerprint density at radius 1 is 0.543 bits per heavy atom. The summed E-state index contributed by atoms with van der Waals surface area (Å²) in [6.07, 6.45) is 1.67. The molecule has 0 spiro atoms. The lowest BCUT2D eigenvalue weighted by Gasteiger charge is -2.14. The number of hydrogen-bond donors (Lipinski definition) is 1. The van der Waals surface area contributed by atoms with Gasteiger partial charge in [0.2, 0.25) is 0 Å². The predicted molar refractivity (Wildman–Crippen MR) is 137 cm³/mol. The predicted octanol–water partition coefficient (Wildman–Crippen LogP) is 7.62. The van der Waals surface area contributed by atoms with Gasteiger partial charge in [0.25, 0.3) is 0 Å². The number of nitro groups is 2. The van der Waals surface area contributed by atoms with Crippen molar-refractivity contribution < 1.29 is 9.85 Å². The van der Waals surface area contributed by atoms with Crippen LogP contribution in [0.15, 0.2) is 97.2 Å². The van der Waals surface area contributed by atoms with Crippen molar-refractivity contribution in [1.82, 2.24) is 4.98 Å². The van der Waals surface area contributed by atoms with Crippen LogP contribution in [0.3, 0.4) is 0 Å². The maximum Gasteiger partial charge on any atom is 0.356 e. The van der Waals surface area contributed by atoms with E-state index in [1.165, 1.54) is 0 Å². The molecule has 5 aromatic carbocycles. The summed E-state index contributed by atoms with van der Waals surface area (Å²) in [6.45, 7) is 0. The fourth-order valence-corrected chi connectivity index (χ4v) is 5.04. The van der Waals surface area contributed by atoms with Crippen LogP contribution in [0.5, 0.6) is 0 Å². The highest BCUT2D eigenvalue weighted by molar-refractivity contribution is 6.17. The summed E-state index contributed by atoms with van der Waals surface area (Å²) in [5.41, 5.74) is 1.04. The zero-order chi connectivity index (χ0) is 24.1. The van der Waals surface area contributed by atoms with Crippen molar-refractivity contribution in [2.24, 2.45) is 0 Å². The van der Waals surface area contributed by atoms with Gasteiger partial charge in [0.05, 0.1) is 26.5 Å². The van der Waals surface area contributed by atoms with Crippen LogP contribution in [-0.2, 0) is 0 Å². The van der Waals surface area contributed by atoms with Gasteiger partial charge in [-0.15, -0.1) is 0 Å². The summed E-state index contributed by atoms with van der Waals surface area (Å²) >= 11 is 0. The van der Waals surface area contributed by atoms with E-state index < -0.39 is 21.2 Å². The Morgan fingerprint density at radius 2 is 1.03 bits per heavy atom. The fraction of sp³-hybridized carbons (Fsp3) is 0. The summed E-state index contributed by atoms with van der Waals surface area (Å²) < 4.78 is 0. The van der Waals surface area contributed by atoms with Gasteiger partial charge in [-0.2, -0.15) is 0 Å². The van der Waals surface area contributed by atoms with Gasteiger partial charge >= 0.3 is 11.4 Å². The van der Waals surface area contributed by atoms with Gasteiger partial charge in [-0.05, 0) is 38.7 Å². The molecule has 0 fully saturated rings. The van der Waals surface area contributed by atoms with Crippen molar-refractivity contribution in [3.8, 4) is 22.3 Å². The van der Waals surface area contributed by atoms with Crippen molar-refractivity contribution in [1.29, 1.82) is 0 Å². The molecule has 0 aliphatic rings. The normalized spacial score (nSPS) is 11.3. The Morgan fingerprint density at radius 3 is 1.60 bits per heavy atom. The zero-order valence-electron chi connectivity index (χ0n) is 18.3. The second kappa shape index (κ2) is 7.78. The molecule has 0 radical (unpaired) electrons. The molecule has 6 aromatic rings. The number of nitrogens with one attached hydrogen (secondary N) is 1. The van der Waals surface area contributed by atoms with Crippen LogP contribution >= 0.6 is 0 Å². The summed E-state index contributed by atoms with van der Waals surface area (Å²) in [5, 5.41) is 29.0. The molecule has 6 rings (SSSR count). The van der Waals surface area contributed by atoms with Gasteiger partial charge in [0, 0.05) is 11.6 Å². The van der Waals surface area contributed by atoms with Crippen molar-refractivity contribution in [3.05, 3.63) is 117 Å². The van der Waals surface area contributed by atoms with E-state index in [0.29, 0.717) is 22.0 Å². The quantitative estimate of drug-likeness (QED) is 0.216. The van der Waals surface area contributed by atoms with Crippen LogP contribution < -0.4 is 0 Å². The van der Waals surface area contributed by atoms with Crippen LogP contribution in [0.4, 0.5) is 11.4 Å². The molecule has 1 N–H and O–H groups in total. The smallest absolute Gasteiger partial charge is 0.356 e. The van der Waals surface area contributed by atoms with Crippen molar-refractivity contribution >= 4 is 43.8 Å². The highest BCUT2D eigenvalue weighted by atomic mass is 16.6. The molecule has 1 heterocycles. The number of rotatable bonds is 4. The Hall–Kier alpha value is -5.04. The minimum absolute atomic E-state index is 0.211. The number of fused-ring (bicyclic) bond motifs is 3. The van der Waals surface area contributed by atoms with E-state index in [0.717, 1.165) is 21.5 Å². The number of aromatic amines is 1. The molecule has 35 heavy (non-hydrogen) atoms. The molecule has 0 unspecified atom stereocenters. The van der Waals surface area contributed by atoms with Crippen molar-refractivity contribution in [3.63, 3.8) is 0 Å². The largest absolute Gasteiger partial charge is 0.360 e. The minimum Gasteiger partial charge on any atom is -0.360 e. The van der Waals surface area contributed by atoms with Gasteiger partial charge in [0.15, 0.2) is 0 Å². The monoisotopic (exact) mass is 459 g/mol. The molecule has 1 aromatic heterocycles. The molecule has 0 saturated carbocycles. The van der Waals surface area contributed by atoms with E-state index in [2.05, 4.69) is 4.98 Å². The second-order valence-electron chi connectivity index (χ2n) is 8.28. The summed E-state index contributed by atoms with van der Waals surface area (Å²) in [7, 11) is 0. The number of H-pyrrole nitrogens is 1. The molecule has 0 atom stereocenters. The van der Waals surface area contributed by atoms with E-state index >= 15 is 0 Å². The second-order valence-corrected chi connectivity index (χ2v) is 8.28. The Labute approximate surface area is 198 Å². The first-order valence-electron chi connectivity index (χ1n) is 11.0. The SMILES string of the molecule is O=[N+]([O-])c1c([N+](=O)[O-])c(-c2cccc3ccccc23)c2[nH]ccc2c1-c1cccc2ccccc12. The van der Waals surface area contributed by atoms with Crippen LogP contribution in [0.2, 0.25) is 0 Å². The molecule has 0 bridgehead atoms. The van der Waals surface area contributed by atoms with Crippen LogP contribution in [0, 0.1) is 20.2 Å². The van der Waals surface area contributed by atoms with E-state index in [1.807, 2.05) is 66.7 Å². The van der Waals surface area contributed by atoms with Gasteiger partial charge in [0.1, 0.15) is 0 Å². The van der Waals surface area contributed by atoms with Gasteiger partial charge < -0.3 is 4.98 Å².